The van der Waals surface area contributed by atoms with E-state index in [1.807, 2.05) is 32.3 Å². The molecule has 0 radical (unpaired) electrons. The van der Waals surface area contributed by atoms with Gasteiger partial charge in [-0.25, -0.2) is 4.79 Å². The summed E-state index contributed by atoms with van der Waals surface area (Å²) in [4.78, 5) is 16.9. The fourth-order valence-corrected chi connectivity index (χ4v) is 3.90. The minimum absolute atomic E-state index is 0.0215. The Morgan fingerprint density at radius 2 is 1.70 bits per heavy atom. The second-order valence-corrected chi connectivity index (χ2v) is 7.66. The minimum atomic E-state index is -0.441. The molecule has 0 aliphatic carbocycles. The second kappa shape index (κ2) is 8.91. The molecule has 1 heterocycles. The van der Waals surface area contributed by atoms with Crippen LogP contribution in [0.1, 0.15) is 17.2 Å². The SMILES string of the molecule is CN(C)c1ccc(C(CNC(=O)Oc2ccccc2)N2CCc3ccccc32)cc1. The number of nitrogens with zero attached hydrogens (tertiary/aromatic N) is 2. The number of hydrogen-bond acceptors (Lipinski definition) is 4. The van der Waals surface area contributed by atoms with Crippen LogP contribution >= 0.6 is 0 Å². The third kappa shape index (κ3) is 4.40. The fourth-order valence-electron chi connectivity index (χ4n) is 3.90. The molecule has 1 amide bonds. The molecule has 3 aromatic carbocycles. The Kier molecular flexibility index (Phi) is 5.89. The summed E-state index contributed by atoms with van der Waals surface area (Å²) in [7, 11) is 4.06. The van der Waals surface area contributed by atoms with Gasteiger partial charge < -0.3 is 19.9 Å². The van der Waals surface area contributed by atoms with Gasteiger partial charge in [0.1, 0.15) is 5.75 Å². The Labute approximate surface area is 177 Å². The molecule has 0 bridgehead atoms. The van der Waals surface area contributed by atoms with Gasteiger partial charge in [0, 0.05) is 38.6 Å². The molecular formula is C25H27N3O2. The smallest absolute Gasteiger partial charge is 0.410 e. The van der Waals surface area contributed by atoms with Crippen molar-refractivity contribution >= 4 is 17.5 Å². The second-order valence-electron chi connectivity index (χ2n) is 7.66. The van der Waals surface area contributed by atoms with Crippen molar-refractivity contribution in [3.8, 4) is 5.75 Å². The van der Waals surface area contributed by atoms with E-state index in [-0.39, 0.29) is 6.04 Å². The maximum Gasteiger partial charge on any atom is 0.412 e. The number of carbonyl (C=O) groups excluding carboxylic acids is 1. The van der Waals surface area contributed by atoms with Gasteiger partial charge in [0.15, 0.2) is 0 Å². The zero-order valence-corrected chi connectivity index (χ0v) is 17.4. The van der Waals surface area contributed by atoms with Crippen LogP contribution < -0.4 is 19.9 Å². The lowest BCUT2D eigenvalue weighted by molar-refractivity contribution is 0.199. The van der Waals surface area contributed by atoms with Gasteiger partial charge >= 0.3 is 6.09 Å². The molecular weight excluding hydrogens is 374 g/mol. The van der Waals surface area contributed by atoms with E-state index in [0.717, 1.165) is 24.2 Å². The molecule has 0 spiro atoms. The standard InChI is InChI=1S/C25H27N3O2/c1-27(2)21-14-12-20(13-15-21)24(28-17-16-19-8-6-7-11-23(19)28)18-26-25(29)30-22-9-4-3-5-10-22/h3-15,24H,16-18H2,1-2H3,(H,26,29). The summed E-state index contributed by atoms with van der Waals surface area (Å²) in [6, 6.07) is 26.2. The first-order valence-electron chi connectivity index (χ1n) is 10.2. The maximum atomic E-state index is 12.4. The van der Waals surface area contributed by atoms with E-state index in [4.69, 9.17) is 4.74 Å². The molecule has 5 heteroatoms. The number of carbonyl (C=O) groups is 1. The van der Waals surface area contributed by atoms with Crippen molar-refractivity contribution in [2.24, 2.45) is 0 Å². The van der Waals surface area contributed by atoms with Gasteiger partial charge in [0.2, 0.25) is 0 Å². The lowest BCUT2D eigenvalue weighted by atomic mass is 10.0. The first-order chi connectivity index (χ1) is 14.6. The Bertz CT molecular complexity index is 987. The number of fused-ring (bicyclic) bond motifs is 1. The third-order valence-corrected chi connectivity index (χ3v) is 5.49. The Morgan fingerprint density at radius 1 is 1.00 bits per heavy atom. The summed E-state index contributed by atoms with van der Waals surface area (Å²) in [6.07, 6.45) is 0.570. The summed E-state index contributed by atoms with van der Waals surface area (Å²) < 4.78 is 5.41. The van der Waals surface area contributed by atoms with E-state index in [2.05, 4.69) is 63.6 Å². The van der Waals surface area contributed by atoms with E-state index in [9.17, 15) is 4.79 Å². The van der Waals surface area contributed by atoms with Crippen molar-refractivity contribution < 1.29 is 9.53 Å². The van der Waals surface area contributed by atoms with Crippen molar-refractivity contribution in [1.82, 2.24) is 5.32 Å². The van der Waals surface area contributed by atoms with Crippen LogP contribution in [0.15, 0.2) is 78.9 Å². The Balaban J connectivity index is 1.54. The highest BCUT2D eigenvalue weighted by Crippen LogP contribution is 2.35. The summed E-state index contributed by atoms with van der Waals surface area (Å²) in [5.41, 5.74) is 4.89. The van der Waals surface area contributed by atoms with Gasteiger partial charge in [-0.1, -0.05) is 48.5 Å². The van der Waals surface area contributed by atoms with Gasteiger partial charge in [-0.2, -0.15) is 0 Å². The lowest BCUT2D eigenvalue weighted by Gasteiger charge is -2.31. The van der Waals surface area contributed by atoms with Crippen LogP contribution in [0.2, 0.25) is 0 Å². The van der Waals surface area contributed by atoms with E-state index >= 15 is 0 Å². The largest absolute Gasteiger partial charge is 0.412 e. The molecule has 1 aliphatic heterocycles. The maximum absolute atomic E-state index is 12.4. The third-order valence-electron chi connectivity index (χ3n) is 5.49. The molecule has 154 valence electrons. The number of anilines is 2. The van der Waals surface area contributed by atoms with Crippen LogP contribution in [-0.2, 0) is 6.42 Å². The average Bonchev–Trinajstić information content (AvgIpc) is 3.19. The molecule has 3 aromatic rings. The highest BCUT2D eigenvalue weighted by Gasteiger charge is 2.27. The van der Waals surface area contributed by atoms with Crippen LogP contribution in [0, 0.1) is 0 Å². The number of rotatable bonds is 6. The van der Waals surface area contributed by atoms with Crippen LogP contribution in [0.25, 0.3) is 0 Å². The summed E-state index contributed by atoms with van der Waals surface area (Å²) >= 11 is 0. The van der Waals surface area contributed by atoms with E-state index in [0.29, 0.717) is 12.3 Å². The van der Waals surface area contributed by atoms with E-state index in [1.54, 1.807) is 12.1 Å². The Morgan fingerprint density at radius 3 is 2.43 bits per heavy atom. The highest BCUT2D eigenvalue weighted by molar-refractivity contribution is 5.70. The van der Waals surface area contributed by atoms with Gasteiger partial charge in [0.05, 0.1) is 6.04 Å². The van der Waals surface area contributed by atoms with Crippen molar-refractivity contribution in [2.45, 2.75) is 12.5 Å². The summed E-state index contributed by atoms with van der Waals surface area (Å²) in [6.45, 7) is 1.39. The van der Waals surface area contributed by atoms with E-state index < -0.39 is 6.09 Å². The van der Waals surface area contributed by atoms with Gasteiger partial charge in [-0.3, -0.25) is 0 Å². The number of para-hydroxylation sites is 2. The highest BCUT2D eigenvalue weighted by atomic mass is 16.6. The van der Waals surface area contributed by atoms with Crippen molar-refractivity contribution in [2.75, 3.05) is 37.0 Å². The van der Waals surface area contributed by atoms with Crippen LogP contribution in [0.4, 0.5) is 16.2 Å². The summed E-state index contributed by atoms with van der Waals surface area (Å²) in [5, 5.41) is 2.96. The molecule has 0 aromatic heterocycles. The number of nitrogens with one attached hydrogen (secondary N) is 1. The van der Waals surface area contributed by atoms with Gasteiger partial charge in [0.25, 0.3) is 0 Å². The zero-order valence-electron chi connectivity index (χ0n) is 17.4. The van der Waals surface area contributed by atoms with Crippen LogP contribution in [-0.4, -0.2) is 33.3 Å². The molecule has 0 saturated heterocycles. The first kappa shape index (κ1) is 19.8. The number of benzene rings is 3. The van der Waals surface area contributed by atoms with Crippen molar-refractivity contribution in [3.63, 3.8) is 0 Å². The number of amides is 1. The monoisotopic (exact) mass is 401 g/mol. The molecule has 30 heavy (non-hydrogen) atoms. The van der Waals surface area contributed by atoms with Gasteiger partial charge in [-0.15, -0.1) is 0 Å². The Hall–Kier alpha value is -3.47. The quantitative estimate of drug-likeness (QED) is 0.653. The lowest BCUT2D eigenvalue weighted by Crippen LogP contribution is -2.38. The van der Waals surface area contributed by atoms with Crippen LogP contribution in [0.3, 0.4) is 0 Å². The number of ether oxygens (including phenoxy) is 1. The topological polar surface area (TPSA) is 44.8 Å². The fraction of sp³-hybridized carbons (Fsp3) is 0.240. The average molecular weight is 402 g/mol. The molecule has 4 rings (SSSR count). The number of hydrogen-bond donors (Lipinski definition) is 1. The molecule has 0 fully saturated rings. The predicted octanol–water partition coefficient (Wildman–Crippen LogP) is 4.65. The molecule has 0 saturated carbocycles. The normalized spacial score (nSPS) is 13.5. The van der Waals surface area contributed by atoms with Crippen LogP contribution in [0.5, 0.6) is 5.75 Å². The molecule has 1 N–H and O–H groups in total. The first-order valence-corrected chi connectivity index (χ1v) is 10.2. The molecule has 1 aliphatic rings. The summed E-state index contributed by atoms with van der Waals surface area (Å²) in [5.74, 6) is 0.536. The van der Waals surface area contributed by atoms with E-state index in [1.165, 1.54) is 11.3 Å². The molecule has 1 unspecified atom stereocenters. The molecule has 1 atom stereocenters. The molecule has 5 nitrogen and oxygen atoms in total. The van der Waals surface area contributed by atoms with Gasteiger partial charge in [-0.05, 0) is 47.9 Å². The van der Waals surface area contributed by atoms with Crippen molar-refractivity contribution in [1.29, 1.82) is 0 Å². The zero-order chi connectivity index (χ0) is 20.9. The predicted molar refractivity (Wildman–Crippen MR) is 121 cm³/mol. The van der Waals surface area contributed by atoms with Crippen molar-refractivity contribution in [3.05, 3.63) is 90.0 Å². The minimum Gasteiger partial charge on any atom is -0.410 e.